The number of methoxy groups -OCH3 is 1. The fraction of sp³-hybridized carbons (Fsp3) is 0.182. The molecule has 2 aromatic carbocycles. The van der Waals surface area contributed by atoms with Gasteiger partial charge in [0, 0.05) is 22.8 Å². The third-order valence-electron chi connectivity index (χ3n) is 5.12. The Morgan fingerprint density at radius 1 is 1.16 bits per heavy atom. The average Bonchev–Trinajstić information content (AvgIpc) is 3.12. The smallest absolute Gasteiger partial charge is 0.416 e. The third-order valence-corrected chi connectivity index (χ3v) is 6.41. The second kappa shape index (κ2) is 7.73. The molecule has 1 unspecified atom stereocenters. The first-order valence-electron chi connectivity index (χ1n) is 9.21. The van der Waals surface area contributed by atoms with Crippen LogP contribution in [0.15, 0.2) is 48.5 Å². The number of halogens is 3. The summed E-state index contributed by atoms with van der Waals surface area (Å²) >= 11 is 0.886. The highest BCUT2D eigenvalue weighted by Gasteiger charge is 2.40. The van der Waals surface area contributed by atoms with Crippen LogP contribution in [-0.4, -0.2) is 24.1 Å². The molecule has 160 valence electrons. The molecule has 4 rings (SSSR count). The van der Waals surface area contributed by atoms with E-state index in [1.807, 2.05) is 0 Å². The Hall–Kier alpha value is -3.33. The molecule has 31 heavy (non-hydrogen) atoms. The number of alkyl halides is 3. The molecule has 0 aliphatic carbocycles. The van der Waals surface area contributed by atoms with Gasteiger partial charge >= 0.3 is 12.1 Å². The maximum absolute atomic E-state index is 13.6. The summed E-state index contributed by atoms with van der Waals surface area (Å²) in [5.41, 5.74) is 0.145. The van der Waals surface area contributed by atoms with Gasteiger partial charge in [0.2, 0.25) is 5.91 Å². The maximum Gasteiger partial charge on any atom is 0.416 e. The van der Waals surface area contributed by atoms with E-state index >= 15 is 0 Å². The van der Waals surface area contributed by atoms with Crippen molar-refractivity contribution in [1.82, 2.24) is 0 Å². The van der Waals surface area contributed by atoms with E-state index < -0.39 is 29.5 Å². The number of aromatic carboxylic acids is 1. The number of nitrogens with one attached hydrogen (secondary N) is 1. The van der Waals surface area contributed by atoms with Gasteiger partial charge in [0.25, 0.3) is 0 Å². The zero-order chi connectivity index (χ0) is 22.3. The molecule has 1 aliphatic heterocycles. The van der Waals surface area contributed by atoms with Gasteiger partial charge in [-0.2, -0.15) is 13.2 Å². The van der Waals surface area contributed by atoms with Crippen LogP contribution in [0.4, 0.5) is 18.9 Å². The molecule has 2 N–H and O–H groups in total. The van der Waals surface area contributed by atoms with Crippen molar-refractivity contribution in [3.8, 4) is 16.9 Å². The topological polar surface area (TPSA) is 75.6 Å². The number of fused-ring (bicyclic) bond motifs is 1. The minimum atomic E-state index is -4.60. The number of amides is 1. The van der Waals surface area contributed by atoms with E-state index in [9.17, 15) is 27.9 Å². The van der Waals surface area contributed by atoms with Crippen LogP contribution in [0, 0.1) is 0 Å². The molecule has 5 nitrogen and oxygen atoms in total. The molecule has 0 saturated carbocycles. The number of thiophene rings is 1. The van der Waals surface area contributed by atoms with Gasteiger partial charge in [-0.25, -0.2) is 4.79 Å². The summed E-state index contributed by atoms with van der Waals surface area (Å²) in [5, 5.41) is 12.5. The Balaban J connectivity index is 1.94. The molecule has 0 bridgehead atoms. The summed E-state index contributed by atoms with van der Waals surface area (Å²) in [6.45, 7) is 0. The van der Waals surface area contributed by atoms with Crippen LogP contribution in [0.1, 0.15) is 38.0 Å². The number of anilines is 1. The first kappa shape index (κ1) is 20.9. The molecule has 3 aromatic rings. The number of benzene rings is 2. The van der Waals surface area contributed by atoms with E-state index in [1.54, 1.807) is 24.3 Å². The maximum atomic E-state index is 13.6. The first-order chi connectivity index (χ1) is 14.7. The second-order valence-corrected chi connectivity index (χ2v) is 8.02. The van der Waals surface area contributed by atoms with E-state index in [1.165, 1.54) is 25.3 Å². The molecule has 0 radical (unpaired) electrons. The van der Waals surface area contributed by atoms with Crippen LogP contribution in [0.5, 0.6) is 5.75 Å². The van der Waals surface area contributed by atoms with Crippen molar-refractivity contribution in [2.45, 2.75) is 18.5 Å². The first-order valence-corrected chi connectivity index (χ1v) is 10.0. The highest BCUT2D eigenvalue weighted by Crippen LogP contribution is 2.51. The fourth-order valence-electron chi connectivity index (χ4n) is 3.78. The van der Waals surface area contributed by atoms with Crippen LogP contribution in [-0.2, 0) is 11.0 Å². The van der Waals surface area contributed by atoms with Gasteiger partial charge in [0.05, 0.1) is 18.4 Å². The van der Waals surface area contributed by atoms with Crippen molar-refractivity contribution < 1.29 is 32.6 Å². The summed E-state index contributed by atoms with van der Waals surface area (Å²) in [4.78, 5) is 24.8. The van der Waals surface area contributed by atoms with Crippen LogP contribution in [0.25, 0.3) is 11.1 Å². The molecule has 1 amide bonds. The summed E-state index contributed by atoms with van der Waals surface area (Å²) in [6, 6.07) is 11.7. The number of carbonyl (C=O) groups excluding carboxylic acids is 1. The van der Waals surface area contributed by atoms with E-state index in [0.717, 1.165) is 17.4 Å². The summed E-state index contributed by atoms with van der Waals surface area (Å²) in [6.07, 6.45) is -4.81. The number of hydrogen-bond donors (Lipinski definition) is 2. The lowest BCUT2D eigenvalue weighted by Crippen LogP contribution is -2.24. The number of hydrogen-bond acceptors (Lipinski definition) is 4. The predicted octanol–water partition coefficient (Wildman–Crippen LogP) is 5.61. The number of rotatable bonds is 4. The molecule has 1 aromatic heterocycles. The highest BCUT2D eigenvalue weighted by molar-refractivity contribution is 7.15. The summed E-state index contributed by atoms with van der Waals surface area (Å²) < 4.78 is 46.0. The molecule has 1 atom stereocenters. The van der Waals surface area contributed by atoms with Crippen LogP contribution in [0.3, 0.4) is 0 Å². The van der Waals surface area contributed by atoms with Gasteiger partial charge in [-0.3, -0.25) is 4.79 Å². The van der Waals surface area contributed by atoms with Gasteiger partial charge in [-0.15, -0.1) is 11.3 Å². The van der Waals surface area contributed by atoms with Crippen LogP contribution < -0.4 is 10.1 Å². The molecule has 0 spiro atoms. The number of carboxylic acid groups (broad SMARTS) is 1. The lowest BCUT2D eigenvalue weighted by atomic mass is 9.86. The van der Waals surface area contributed by atoms with Crippen molar-refractivity contribution in [1.29, 1.82) is 0 Å². The van der Waals surface area contributed by atoms with Crippen molar-refractivity contribution in [2.75, 3.05) is 12.4 Å². The molecule has 9 heteroatoms. The van der Waals surface area contributed by atoms with Gasteiger partial charge in [-0.1, -0.05) is 30.3 Å². The predicted molar refractivity (Wildman–Crippen MR) is 110 cm³/mol. The van der Waals surface area contributed by atoms with E-state index in [4.69, 9.17) is 4.74 Å². The van der Waals surface area contributed by atoms with Gasteiger partial charge in [0.15, 0.2) is 0 Å². The Labute approximate surface area is 179 Å². The Morgan fingerprint density at radius 3 is 2.45 bits per heavy atom. The molecular formula is C22H16F3NO4S. The lowest BCUT2D eigenvalue weighted by molar-refractivity contribution is -0.138. The van der Waals surface area contributed by atoms with E-state index in [-0.39, 0.29) is 28.1 Å². The minimum absolute atomic E-state index is 0.0492. The SMILES string of the molecule is COc1ccc(-c2c(C(=O)O)sc3c2NC(=O)CC3c2ccccc2C(F)(F)F)cc1. The average molecular weight is 447 g/mol. The van der Waals surface area contributed by atoms with Gasteiger partial charge < -0.3 is 15.2 Å². The zero-order valence-corrected chi connectivity index (χ0v) is 16.9. The normalized spacial score (nSPS) is 15.9. The fourth-order valence-corrected chi connectivity index (χ4v) is 5.02. The Kier molecular flexibility index (Phi) is 5.22. The molecule has 1 aliphatic rings. The Morgan fingerprint density at radius 2 is 1.84 bits per heavy atom. The molecule has 0 saturated heterocycles. The van der Waals surface area contributed by atoms with Gasteiger partial charge in [-0.05, 0) is 29.3 Å². The van der Waals surface area contributed by atoms with Crippen molar-refractivity contribution in [3.63, 3.8) is 0 Å². The standard InChI is InChI=1S/C22H16F3NO4S/c1-30-12-8-6-11(7-9-12)17-18-19(31-20(17)21(28)29)14(10-16(27)26-18)13-4-2-3-5-15(13)22(23,24)25/h2-9,14H,10H2,1H3,(H,26,27)(H,28,29). The Bertz CT molecular complexity index is 1170. The molecular weight excluding hydrogens is 431 g/mol. The zero-order valence-electron chi connectivity index (χ0n) is 16.1. The van der Waals surface area contributed by atoms with Crippen molar-refractivity contribution in [2.24, 2.45) is 0 Å². The van der Waals surface area contributed by atoms with E-state index in [0.29, 0.717) is 16.2 Å². The number of carboxylic acids is 1. The molecule has 0 fully saturated rings. The minimum Gasteiger partial charge on any atom is -0.497 e. The number of carbonyl (C=O) groups is 2. The lowest BCUT2D eigenvalue weighted by Gasteiger charge is -2.26. The monoisotopic (exact) mass is 447 g/mol. The quantitative estimate of drug-likeness (QED) is 0.545. The van der Waals surface area contributed by atoms with Crippen LogP contribution in [0.2, 0.25) is 0 Å². The van der Waals surface area contributed by atoms with E-state index in [2.05, 4.69) is 5.32 Å². The van der Waals surface area contributed by atoms with Crippen LogP contribution >= 0.6 is 11.3 Å². The summed E-state index contributed by atoms with van der Waals surface area (Å²) in [7, 11) is 1.49. The largest absolute Gasteiger partial charge is 0.497 e. The van der Waals surface area contributed by atoms with Gasteiger partial charge in [0.1, 0.15) is 10.6 Å². The third kappa shape index (κ3) is 3.76. The van der Waals surface area contributed by atoms with Crippen molar-refractivity contribution in [3.05, 3.63) is 69.4 Å². The summed E-state index contributed by atoms with van der Waals surface area (Å²) in [5.74, 6) is -2.04. The molecule has 2 heterocycles. The van der Waals surface area contributed by atoms with Crippen molar-refractivity contribution >= 4 is 28.9 Å². The number of ether oxygens (including phenoxy) is 1. The highest BCUT2D eigenvalue weighted by atomic mass is 32.1. The second-order valence-electron chi connectivity index (χ2n) is 6.97.